The third-order valence-electron chi connectivity index (χ3n) is 3.26. The van der Waals surface area contributed by atoms with E-state index in [-0.39, 0.29) is 0 Å². The highest BCUT2D eigenvalue weighted by Gasteiger charge is 2.03. The van der Waals surface area contributed by atoms with Crippen LogP contribution in [0.3, 0.4) is 0 Å². The fourth-order valence-corrected chi connectivity index (χ4v) is 2.25. The highest BCUT2D eigenvalue weighted by atomic mass is 35.5. The van der Waals surface area contributed by atoms with Gasteiger partial charge >= 0.3 is 0 Å². The van der Waals surface area contributed by atoms with Crippen molar-refractivity contribution < 1.29 is 0 Å². The van der Waals surface area contributed by atoms with Crippen molar-refractivity contribution in [3.05, 3.63) is 63.7 Å². The van der Waals surface area contributed by atoms with Crippen LogP contribution in [0, 0.1) is 20.8 Å². The SMILES string of the molecule is Cc1ccc(CNc2c(C)cccc2Cl)cc1C. The van der Waals surface area contributed by atoms with E-state index in [9.17, 15) is 0 Å². The van der Waals surface area contributed by atoms with E-state index in [1.165, 1.54) is 22.3 Å². The number of aryl methyl sites for hydroxylation is 3. The molecule has 0 atom stereocenters. The van der Waals surface area contributed by atoms with Gasteiger partial charge in [0.1, 0.15) is 0 Å². The van der Waals surface area contributed by atoms with Crippen LogP contribution in [0.1, 0.15) is 22.3 Å². The smallest absolute Gasteiger partial charge is 0.0640 e. The van der Waals surface area contributed by atoms with Gasteiger partial charge in [-0.25, -0.2) is 0 Å². The molecule has 0 bridgehead atoms. The average Bonchev–Trinajstić information content (AvgIpc) is 2.33. The zero-order chi connectivity index (χ0) is 13.1. The monoisotopic (exact) mass is 259 g/mol. The number of benzene rings is 2. The first kappa shape index (κ1) is 13.0. The summed E-state index contributed by atoms with van der Waals surface area (Å²) in [7, 11) is 0. The van der Waals surface area contributed by atoms with E-state index >= 15 is 0 Å². The number of rotatable bonds is 3. The Morgan fingerprint density at radius 2 is 1.72 bits per heavy atom. The fraction of sp³-hybridized carbons (Fsp3) is 0.250. The highest BCUT2D eigenvalue weighted by Crippen LogP contribution is 2.25. The molecule has 0 aromatic heterocycles. The molecule has 0 unspecified atom stereocenters. The van der Waals surface area contributed by atoms with Crippen LogP contribution in [0.5, 0.6) is 0 Å². The van der Waals surface area contributed by atoms with Crippen molar-refractivity contribution in [2.24, 2.45) is 0 Å². The van der Waals surface area contributed by atoms with Gasteiger partial charge in [0.15, 0.2) is 0 Å². The van der Waals surface area contributed by atoms with Gasteiger partial charge in [-0.3, -0.25) is 0 Å². The van der Waals surface area contributed by atoms with E-state index in [1.54, 1.807) is 0 Å². The molecule has 0 spiro atoms. The van der Waals surface area contributed by atoms with Crippen LogP contribution in [0.25, 0.3) is 0 Å². The Morgan fingerprint density at radius 3 is 2.39 bits per heavy atom. The van der Waals surface area contributed by atoms with E-state index in [0.717, 1.165) is 17.3 Å². The van der Waals surface area contributed by atoms with Gasteiger partial charge in [0.25, 0.3) is 0 Å². The molecule has 0 fully saturated rings. The van der Waals surface area contributed by atoms with Crippen molar-refractivity contribution in [2.45, 2.75) is 27.3 Å². The Balaban J connectivity index is 2.14. The van der Waals surface area contributed by atoms with E-state index < -0.39 is 0 Å². The van der Waals surface area contributed by atoms with Gasteiger partial charge in [0.2, 0.25) is 0 Å². The quantitative estimate of drug-likeness (QED) is 0.829. The van der Waals surface area contributed by atoms with Gasteiger partial charge in [0, 0.05) is 6.54 Å². The number of nitrogens with one attached hydrogen (secondary N) is 1. The number of hydrogen-bond donors (Lipinski definition) is 1. The van der Waals surface area contributed by atoms with E-state index in [0.29, 0.717) is 0 Å². The lowest BCUT2D eigenvalue weighted by Gasteiger charge is -2.12. The van der Waals surface area contributed by atoms with Gasteiger partial charge in [-0.05, 0) is 49.1 Å². The van der Waals surface area contributed by atoms with E-state index in [1.807, 2.05) is 12.1 Å². The molecule has 2 aromatic carbocycles. The maximum atomic E-state index is 6.19. The maximum Gasteiger partial charge on any atom is 0.0640 e. The van der Waals surface area contributed by atoms with Crippen LogP contribution in [-0.4, -0.2) is 0 Å². The number of hydrogen-bond acceptors (Lipinski definition) is 1. The number of halogens is 1. The molecule has 2 heteroatoms. The second-order valence-electron chi connectivity index (χ2n) is 4.70. The van der Waals surface area contributed by atoms with Crippen molar-refractivity contribution >= 4 is 17.3 Å². The molecule has 94 valence electrons. The normalized spacial score (nSPS) is 10.4. The molecule has 18 heavy (non-hydrogen) atoms. The van der Waals surface area contributed by atoms with Crippen LogP contribution in [0.2, 0.25) is 5.02 Å². The first-order valence-electron chi connectivity index (χ1n) is 6.13. The second-order valence-corrected chi connectivity index (χ2v) is 5.11. The third-order valence-corrected chi connectivity index (χ3v) is 3.58. The summed E-state index contributed by atoms with van der Waals surface area (Å²) in [5.41, 5.74) is 6.12. The van der Waals surface area contributed by atoms with Crippen molar-refractivity contribution in [1.82, 2.24) is 0 Å². The van der Waals surface area contributed by atoms with Gasteiger partial charge < -0.3 is 5.32 Å². The molecule has 0 saturated carbocycles. The minimum absolute atomic E-state index is 0.777. The highest BCUT2D eigenvalue weighted by molar-refractivity contribution is 6.33. The summed E-state index contributed by atoms with van der Waals surface area (Å²) in [5.74, 6) is 0. The summed E-state index contributed by atoms with van der Waals surface area (Å²) in [4.78, 5) is 0. The first-order chi connectivity index (χ1) is 8.58. The predicted molar refractivity (Wildman–Crippen MR) is 79.4 cm³/mol. The topological polar surface area (TPSA) is 12.0 Å². The lowest BCUT2D eigenvalue weighted by atomic mass is 10.1. The molecular formula is C16H18ClN. The number of para-hydroxylation sites is 1. The zero-order valence-electron chi connectivity index (χ0n) is 11.0. The maximum absolute atomic E-state index is 6.19. The van der Waals surface area contributed by atoms with E-state index in [4.69, 9.17) is 11.6 Å². The van der Waals surface area contributed by atoms with Crippen LogP contribution < -0.4 is 5.32 Å². The molecule has 2 aromatic rings. The standard InChI is InChI=1S/C16H18ClN/c1-11-7-8-14(9-13(11)3)10-18-16-12(2)5-4-6-15(16)17/h4-9,18H,10H2,1-3H3. The van der Waals surface area contributed by atoms with Gasteiger partial charge in [-0.2, -0.15) is 0 Å². The average molecular weight is 260 g/mol. The van der Waals surface area contributed by atoms with Crippen molar-refractivity contribution in [1.29, 1.82) is 0 Å². The molecule has 0 saturated heterocycles. The Labute approximate surface area is 114 Å². The molecule has 0 amide bonds. The Hall–Kier alpha value is -1.47. The minimum atomic E-state index is 0.777. The minimum Gasteiger partial charge on any atom is -0.380 e. The summed E-state index contributed by atoms with van der Waals surface area (Å²) in [5, 5.41) is 4.19. The molecule has 0 heterocycles. The molecule has 0 aliphatic heterocycles. The molecule has 1 N–H and O–H groups in total. The lowest BCUT2D eigenvalue weighted by molar-refractivity contribution is 1.12. The Morgan fingerprint density at radius 1 is 0.944 bits per heavy atom. The van der Waals surface area contributed by atoms with Crippen LogP contribution in [-0.2, 0) is 6.54 Å². The lowest BCUT2D eigenvalue weighted by Crippen LogP contribution is -2.02. The van der Waals surface area contributed by atoms with Crippen LogP contribution >= 0.6 is 11.6 Å². The summed E-state index contributed by atoms with van der Waals surface area (Å²) in [6.45, 7) is 7.13. The first-order valence-corrected chi connectivity index (χ1v) is 6.51. The van der Waals surface area contributed by atoms with Gasteiger partial charge in [-0.15, -0.1) is 0 Å². The second kappa shape index (κ2) is 5.45. The van der Waals surface area contributed by atoms with Crippen molar-refractivity contribution in [2.75, 3.05) is 5.32 Å². The summed E-state index contributed by atoms with van der Waals surface area (Å²) >= 11 is 6.19. The Kier molecular flexibility index (Phi) is 3.93. The van der Waals surface area contributed by atoms with Crippen LogP contribution in [0.4, 0.5) is 5.69 Å². The summed E-state index contributed by atoms with van der Waals surface area (Å²) in [6, 6.07) is 12.5. The van der Waals surface area contributed by atoms with Crippen molar-refractivity contribution in [3.8, 4) is 0 Å². The molecule has 0 aliphatic carbocycles. The Bertz CT molecular complexity index is 541. The van der Waals surface area contributed by atoms with Gasteiger partial charge in [0.05, 0.1) is 10.7 Å². The molecule has 1 nitrogen and oxygen atoms in total. The largest absolute Gasteiger partial charge is 0.380 e. The number of anilines is 1. The fourth-order valence-electron chi connectivity index (χ4n) is 1.96. The summed E-state index contributed by atoms with van der Waals surface area (Å²) < 4.78 is 0. The molecule has 2 rings (SSSR count). The summed E-state index contributed by atoms with van der Waals surface area (Å²) in [6.07, 6.45) is 0. The van der Waals surface area contributed by atoms with Crippen LogP contribution in [0.15, 0.2) is 36.4 Å². The van der Waals surface area contributed by atoms with Crippen molar-refractivity contribution in [3.63, 3.8) is 0 Å². The van der Waals surface area contributed by atoms with E-state index in [2.05, 4.69) is 50.4 Å². The molecular weight excluding hydrogens is 242 g/mol. The molecule has 0 aliphatic rings. The third kappa shape index (κ3) is 2.85. The predicted octanol–water partition coefficient (Wildman–Crippen LogP) is 4.88. The zero-order valence-corrected chi connectivity index (χ0v) is 11.8. The van der Waals surface area contributed by atoms with Gasteiger partial charge in [-0.1, -0.05) is 41.9 Å². The molecule has 0 radical (unpaired) electrons.